The van der Waals surface area contributed by atoms with E-state index in [0.717, 1.165) is 10.6 Å². The molecular formula is C10H11ClN4S. The fourth-order valence-corrected chi connectivity index (χ4v) is 1.96. The van der Waals surface area contributed by atoms with Crippen molar-refractivity contribution in [2.45, 2.75) is 0 Å². The molecule has 0 unspecified atom stereocenters. The van der Waals surface area contributed by atoms with Crippen LogP contribution >= 0.6 is 23.7 Å². The number of hydrogen-bond donors (Lipinski definition) is 2. The third-order valence-electron chi connectivity index (χ3n) is 1.94. The largest absolute Gasteiger partial charge is 0.372 e. The number of amidine groups is 1. The Morgan fingerprint density at radius 3 is 2.69 bits per heavy atom. The maximum Gasteiger partial charge on any atom is 0.145 e. The molecule has 2 aromatic rings. The van der Waals surface area contributed by atoms with E-state index in [9.17, 15) is 0 Å². The highest BCUT2D eigenvalue weighted by atomic mass is 35.5. The average molecular weight is 255 g/mol. The van der Waals surface area contributed by atoms with E-state index in [4.69, 9.17) is 5.41 Å². The summed E-state index contributed by atoms with van der Waals surface area (Å²) in [4.78, 5) is 8.31. The third-order valence-corrected chi connectivity index (χ3v) is 2.83. The summed E-state index contributed by atoms with van der Waals surface area (Å²) in [7, 11) is 1.72. The number of aromatic nitrogens is 2. The van der Waals surface area contributed by atoms with Crippen LogP contribution in [0.25, 0.3) is 10.6 Å². The van der Waals surface area contributed by atoms with E-state index in [0.29, 0.717) is 11.5 Å². The second kappa shape index (κ2) is 5.58. The zero-order valence-electron chi connectivity index (χ0n) is 8.60. The highest BCUT2D eigenvalue weighted by Gasteiger charge is 2.06. The van der Waals surface area contributed by atoms with Gasteiger partial charge in [-0.3, -0.25) is 10.4 Å². The van der Waals surface area contributed by atoms with Gasteiger partial charge in [0.25, 0.3) is 0 Å². The van der Waals surface area contributed by atoms with Crippen LogP contribution in [0.5, 0.6) is 0 Å². The second-order valence-corrected chi connectivity index (χ2v) is 3.76. The van der Waals surface area contributed by atoms with Crippen molar-refractivity contribution in [3.8, 4) is 10.6 Å². The Morgan fingerprint density at radius 2 is 2.06 bits per heavy atom. The van der Waals surface area contributed by atoms with E-state index >= 15 is 0 Å². The Morgan fingerprint density at radius 1 is 1.38 bits per heavy atom. The lowest BCUT2D eigenvalue weighted by atomic mass is 10.3. The van der Waals surface area contributed by atoms with Crippen LogP contribution in [0.15, 0.2) is 29.9 Å². The van der Waals surface area contributed by atoms with Crippen molar-refractivity contribution in [2.24, 2.45) is 0 Å². The van der Waals surface area contributed by atoms with Crippen molar-refractivity contribution in [1.29, 1.82) is 5.41 Å². The van der Waals surface area contributed by atoms with Gasteiger partial charge in [0, 0.05) is 30.4 Å². The van der Waals surface area contributed by atoms with E-state index in [1.54, 1.807) is 19.4 Å². The number of nitrogens with zero attached hydrogens (tertiary/aromatic N) is 2. The molecule has 0 aliphatic rings. The van der Waals surface area contributed by atoms with Crippen LogP contribution in [0.4, 0.5) is 0 Å². The zero-order valence-corrected chi connectivity index (χ0v) is 10.2. The van der Waals surface area contributed by atoms with Gasteiger partial charge in [0.05, 0.1) is 0 Å². The molecule has 2 N–H and O–H groups in total. The molecule has 2 aromatic heterocycles. The Bertz CT molecular complexity index is 469. The highest BCUT2D eigenvalue weighted by Crippen LogP contribution is 2.22. The summed E-state index contributed by atoms with van der Waals surface area (Å²) in [5.41, 5.74) is 1.71. The van der Waals surface area contributed by atoms with Crippen molar-refractivity contribution >= 4 is 29.6 Å². The monoisotopic (exact) mass is 254 g/mol. The van der Waals surface area contributed by atoms with E-state index in [1.165, 1.54) is 11.3 Å². The molecule has 16 heavy (non-hydrogen) atoms. The van der Waals surface area contributed by atoms with Gasteiger partial charge in [-0.05, 0) is 12.1 Å². The molecule has 4 nitrogen and oxygen atoms in total. The first kappa shape index (κ1) is 12.6. The topological polar surface area (TPSA) is 61.7 Å². The summed E-state index contributed by atoms with van der Waals surface area (Å²) in [6, 6.07) is 3.82. The smallest absolute Gasteiger partial charge is 0.145 e. The molecule has 0 fully saturated rings. The minimum absolute atomic E-state index is 0. The molecule has 0 aromatic carbocycles. The van der Waals surface area contributed by atoms with Gasteiger partial charge in [0.15, 0.2) is 0 Å². The van der Waals surface area contributed by atoms with Gasteiger partial charge in [-0.15, -0.1) is 23.7 Å². The molecule has 6 heteroatoms. The predicted molar refractivity (Wildman–Crippen MR) is 68.5 cm³/mol. The van der Waals surface area contributed by atoms with Crippen LogP contribution in [-0.2, 0) is 0 Å². The van der Waals surface area contributed by atoms with E-state index in [-0.39, 0.29) is 12.4 Å². The summed E-state index contributed by atoms with van der Waals surface area (Å²) in [6.07, 6.45) is 3.47. The number of hydrogen-bond acceptors (Lipinski definition) is 4. The predicted octanol–water partition coefficient (Wildman–Crippen LogP) is 2.17. The number of pyridine rings is 1. The number of halogens is 1. The first-order valence-corrected chi connectivity index (χ1v) is 5.32. The molecule has 0 spiro atoms. The van der Waals surface area contributed by atoms with Crippen molar-refractivity contribution in [3.05, 3.63) is 35.6 Å². The van der Waals surface area contributed by atoms with Gasteiger partial charge in [0.2, 0.25) is 0 Å². The fourth-order valence-electron chi connectivity index (χ4n) is 1.14. The SMILES string of the molecule is CNC(=N)c1csc(-c2ccncc2)n1.Cl. The molecule has 0 bridgehead atoms. The van der Waals surface area contributed by atoms with Crippen LogP contribution < -0.4 is 5.32 Å². The van der Waals surface area contributed by atoms with E-state index < -0.39 is 0 Å². The Balaban J connectivity index is 0.00000128. The standard InChI is InChI=1S/C10H10N4S.ClH/c1-12-9(11)8-6-15-10(14-8)7-2-4-13-5-3-7;/h2-6H,1H3,(H2,11,12);1H. The Hall–Kier alpha value is -1.46. The number of thiazole rings is 1. The van der Waals surface area contributed by atoms with Gasteiger partial charge in [-0.2, -0.15) is 0 Å². The highest BCUT2D eigenvalue weighted by molar-refractivity contribution is 7.13. The molecule has 0 aliphatic carbocycles. The van der Waals surface area contributed by atoms with Crippen LogP contribution in [0.1, 0.15) is 5.69 Å². The molecule has 0 aliphatic heterocycles. The first-order valence-electron chi connectivity index (χ1n) is 4.44. The molecule has 84 valence electrons. The molecule has 2 heterocycles. The molecule has 2 rings (SSSR count). The molecular weight excluding hydrogens is 244 g/mol. The molecule has 0 amide bonds. The number of rotatable bonds is 2. The molecule has 0 radical (unpaired) electrons. The minimum Gasteiger partial charge on any atom is -0.372 e. The average Bonchev–Trinajstić information content (AvgIpc) is 2.78. The van der Waals surface area contributed by atoms with Gasteiger partial charge in [0.1, 0.15) is 16.5 Å². The lowest BCUT2D eigenvalue weighted by molar-refractivity contribution is 1.12. The first-order chi connectivity index (χ1) is 7.31. The summed E-state index contributed by atoms with van der Waals surface area (Å²) < 4.78 is 0. The van der Waals surface area contributed by atoms with Crippen molar-refractivity contribution in [3.63, 3.8) is 0 Å². The van der Waals surface area contributed by atoms with Crippen molar-refractivity contribution < 1.29 is 0 Å². The van der Waals surface area contributed by atoms with E-state index in [1.807, 2.05) is 17.5 Å². The molecule has 0 saturated carbocycles. The van der Waals surface area contributed by atoms with Crippen LogP contribution in [0.3, 0.4) is 0 Å². The van der Waals surface area contributed by atoms with Crippen LogP contribution in [0, 0.1) is 5.41 Å². The fraction of sp³-hybridized carbons (Fsp3) is 0.100. The molecule has 0 saturated heterocycles. The van der Waals surface area contributed by atoms with Gasteiger partial charge >= 0.3 is 0 Å². The van der Waals surface area contributed by atoms with Crippen molar-refractivity contribution in [2.75, 3.05) is 7.05 Å². The van der Waals surface area contributed by atoms with Gasteiger partial charge in [-0.1, -0.05) is 0 Å². The summed E-state index contributed by atoms with van der Waals surface area (Å²) in [5, 5.41) is 13.1. The number of nitrogens with one attached hydrogen (secondary N) is 2. The van der Waals surface area contributed by atoms with Crippen LogP contribution in [0.2, 0.25) is 0 Å². The Labute approximate surface area is 104 Å². The lowest BCUT2D eigenvalue weighted by Gasteiger charge is -1.96. The minimum atomic E-state index is 0. The zero-order chi connectivity index (χ0) is 10.7. The third kappa shape index (κ3) is 2.56. The van der Waals surface area contributed by atoms with Crippen LogP contribution in [-0.4, -0.2) is 22.9 Å². The summed E-state index contributed by atoms with van der Waals surface area (Å²) in [6.45, 7) is 0. The van der Waals surface area contributed by atoms with Gasteiger partial charge in [-0.25, -0.2) is 4.98 Å². The maximum absolute atomic E-state index is 7.57. The summed E-state index contributed by atoms with van der Waals surface area (Å²) in [5.74, 6) is 0.339. The lowest BCUT2D eigenvalue weighted by Crippen LogP contribution is -2.18. The van der Waals surface area contributed by atoms with Gasteiger partial charge < -0.3 is 5.32 Å². The second-order valence-electron chi connectivity index (χ2n) is 2.90. The normalized spacial score (nSPS) is 9.31. The van der Waals surface area contributed by atoms with Crippen molar-refractivity contribution in [1.82, 2.24) is 15.3 Å². The Kier molecular flexibility index (Phi) is 4.39. The van der Waals surface area contributed by atoms with E-state index in [2.05, 4.69) is 15.3 Å². The summed E-state index contributed by atoms with van der Waals surface area (Å²) >= 11 is 1.53. The quantitative estimate of drug-likeness (QED) is 0.638. The molecule has 0 atom stereocenters. The maximum atomic E-state index is 7.57.